The van der Waals surface area contributed by atoms with Crippen LogP contribution in [0.25, 0.3) is 11.0 Å². The molecule has 0 unspecified atom stereocenters. The van der Waals surface area contributed by atoms with E-state index in [1.807, 2.05) is 42.5 Å². The summed E-state index contributed by atoms with van der Waals surface area (Å²) in [7, 11) is 3.30. The number of pyridine rings is 2. The van der Waals surface area contributed by atoms with E-state index in [1.165, 1.54) is 0 Å². The summed E-state index contributed by atoms with van der Waals surface area (Å²) in [5.41, 5.74) is 2.83. The van der Waals surface area contributed by atoms with Gasteiger partial charge in [-0.15, -0.1) is 0 Å². The minimum atomic E-state index is 0.708. The molecule has 0 radical (unpaired) electrons. The van der Waals surface area contributed by atoms with Gasteiger partial charge in [-0.05, 0) is 42.0 Å². The van der Waals surface area contributed by atoms with Crippen LogP contribution in [0.15, 0.2) is 48.7 Å². The lowest BCUT2D eigenvalue weighted by atomic mass is 10.1. The minimum absolute atomic E-state index is 0.708. The molecule has 0 spiro atoms. The lowest BCUT2D eigenvalue weighted by molar-refractivity contribution is 0.393. The molecule has 1 aromatic carbocycles. The van der Waals surface area contributed by atoms with Crippen molar-refractivity contribution >= 4 is 11.0 Å². The van der Waals surface area contributed by atoms with Crippen LogP contribution in [0.2, 0.25) is 0 Å². The smallest absolute Gasteiger partial charge is 0.159 e. The van der Waals surface area contributed by atoms with Crippen LogP contribution in [0.1, 0.15) is 11.3 Å². The van der Waals surface area contributed by atoms with E-state index in [4.69, 9.17) is 9.47 Å². The molecule has 0 aliphatic carbocycles. The van der Waals surface area contributed by atoms with Crippen LogP contribution in [0, 0.1) is 0 Å². The average Bonchev–Trinajstić information content (AvgIpc) is 2.54. The molecule has 3 rings (SSSR count). The van der Waals surface area contributed by atoms with Crippen LogP contribution in [0.5, 0.6) is 11.5 Å². The van der Waals surface area contributed by atoms with E-state index in [1.54, 1.807) is 20.4 Å². The molecule has 106 valence electrons. The normalized spacial score (nSPS) is 10.6. The molecule has 4 nitrogen and oxygen atoms in total. The van der Waals surface area contributed by atoms with E-state index < -0.39 is 0 Å². The molecule has 0 saturated carbocycles. The van der Waals surface area contributed by atoms with Crippen molar-refractivity contribution in [3.8, 4) is 11.5 Å². The van der Waals surface area contributed by atoms with Crippen molar-refractivity contribution in [1.82, 2.24) is 9.97 Å². The summed E-state index contributed by atoms with van der Waals surface area (Å²) in [6.07, 6.45) is 2.47. The highest BCUT2D eigenvalue weighted by molar-refractivity contribution is 5.74. The van der Waals surface area contributed by atoms with Crippen LogP contribution >= 0.6 is 0 Å². The third-order valence-corrected chi connectivity index (χ3v) is 3.32. The van der Waals surface area contributed by atoms with Crippen molar-refractivity contribution < 1.29 is 9.47 Å². The second kappa shape index (κ2) is 5.79. The second-order valence-corrected chi connectivity index (χ2v) is 4.75. The number of hydrogen-bond donors (Lipinski definition) is 0. The Labute approximate surface area is 123 Å². The Morgan fingerprint density at radius 2 is 1.71 bits per heavy atom. The van der Waals surface area contributed by atoms with Gasteiger partial charge in [0.25, 0.3) is 0 Å². The lowest BCUT2D eigenvalue weighted by Crippen LogP contribution is -1.96. The molecule has 0 bridgehead atoms. The van der Waals surface area contributed by atoms with Gasteiger partial charge in [0.2, 0.25) is 0 Å². The summed E-state index contributed by atoms with van der Waals surface area (Å²) in [6, 6.07) is 13.8. The van der Waals surface area contributed by atoms with E-state index >= 15 is 0 Å². The Bertz CT molecular complexity index is 749. The average molecular weight is 280 g/mol. The summed E-state index contributed by atoms with van der Waals surface area (Å²) in [5.74, 6) is 1.56. The van der Waals surface area contributed by atoms with Crippen molar-refractivity contribution in [1.29, 1.82) is 0 Å². The van der Waals surface area contributed by atoms with Gasteiger partial charge in [0.15, 0.2) is 5.65 Å². The molecule has 0 saturated heterocycles. The molecule has 2 heterocycles. The van der Waals surface area contributed by atoms with Crippen LogP contribution < -0.4 is 9.47 Å². The highest BCUT2D eigenvalue weighted by atomic mass is 16.5. The SMILES string of the molecule is COc1cc(Cc2ccc3cccnc3n2)cc(OC)c1. The zero-order chi connectivity index (χ0) is 14.7. The Hall–Kier alpha value is -2.62. The van der Waals surface area contributed by atoms with Crippen LogP contribution in [-0.4, -0.2) is 24.2 Å². The van der Waals surface area contributed by atoms with Gasteiger partial charge in [0.05, 0.1) is 14.2 Å². The summed E-state index contributed by atoms with van der Waals surface area (Å²) < 4.78 is 10.6. The summed E-state index contributed by atoms with van der Waals surface area (Å²) in [4.78, 5) is 8.88. The first-order chi connectivity index (χ1) is 10.3. The van der Waals surface area contributed by atoms with Crippen LogP contribution in [0.3, 0.4) is 0 Å². The lowest BCUT2D eigenvalue weighted by Gasteiger charge is -2.08. The van der Waals surface area contributed by atoms with Crippen molar-refractivity contribution in [3.63, 3.8) is 0 Å². The summed E-state index contributed by atoms with van der Waals surface area (Å²) in [6.45, 7) is 0. The number of fused-ring (bicyclic) bond motifs is 1. The number of aromatic nitrogens is 2. The highest BCUT2D eigenvalue weighted by Gasteiger charge is 2.05. The van der Waals surface area contributed by atoms with Crippen molar-refractivity contribution in [2.24, 2.45) is 0 Å². The number of hydrogen-bond acceptors (Lipinski definition) is 4. The Morgan fingerprint density at radius 3 is 2.43 bits per heavy atom. The summed E-state index contributed by atoms with van der Waals surface area (Å²) >= 11 is 0. The first kappa shape index (κ1) is 13.4. The third-order valence-electron chi connectivity index (χ3n) is 3.32. The second-order valence-electron chi connectivity index (χ2n) is 4.75. The molecule has 2 aromatic heterocycles. The summed E-state index contributed by atoms with van der Waals surface area (Å²) in [5, 5.41) is 1.05. The molecule has 0 fully saturated rings. The van der Waals surface area contributed by atoms with Gasteiger partial charge in [0.1, 0.15) is 11.5 Å². The number of rotatable bonds is 4. The molecule has 0 aliphatic rings. The van der Waals surface area contributed by atoms with E-state index in [2.05, 4.69) is 9.97 Å². The maximum atomic E-state index is 5.29. The number of nitrogens with zero attached hydrogens (tertiary/aromatic N) is 2. The fourth-order valence-corrected chi connectivity index (χ4v) is 2.27. The Kier molecular flexibility index (Phi) is 3.69. The molecule has 3 aromatic rings. The van der Waals surface area contributed by atoms with Gasteiger partial charge in [-0.3, -0.25) is 0 Å². The predicted octanol–water partition coefficient (Wildman–Crippen LogP) is 3.24. The van der Waals surface area contributed by atoms with E-state index in [9.17, 15) is 0 Å². The van der Waals surface area contributed by atoms with E-state index in [0.717, 1.165) is 33.8 Å². The number of methoxy groups -OCH3 is 2. The third kappa shape index (κ3) is 2.94. The van der Waals surface area contributed by atoms with Crippen molar-refractivity contribution in [2.75, 3.05) is 14.2 Å². The van der Waals surface area contributed by atoms with Crippen molar-refractivity contribution in [2.45, 2.75) is 6.42 Å². The van der Waals surface area contributed by atoms with Gasteiger partial charge < -0.3 is 9.47 Å². The molecular weight excluding hydrogens is 264 g/mol. The van der Waals surface area contributed by atoms with Gasteiger partial charge >= 0.3 is 0 Å². The molecule has 0 amide bonds. The maximum Gasteiger partial charge on any atom is 0.159 e. The zero-order valence-corrected chi connectivity index (χ0v) is 12.0. The molecule has 4 heteroatoms. The minimum Gasteiger partial charge on any atom is -0.497 e. The van der Waals surface area contributed by atoms with Gasteiger partial charge in [-0.2, -0.15) is 0 Å². The van der Waals surface area contributed by atoms with Gasteiger partial charge in [-0.25, -0.2) is 9.97 Å². The number of benzene rings is 1. The fourth-order valence-electron chi connectivity index (χ4n) is 2.27. The zero-order valence-electron chi connectivity index (χ0n) is 12.0. The Balaban J connectivity index is 1.94. The molecule has 21 heavy (non-hydrogen) atoms. The molecule has 0 atom stereocenters. The first-order valence-corrected chi connectivity index (χ1v) is 6.71. The topological polar surface area (TPSA) is 44.2 Å². The molecule has 0 aliphatic heterocycles. The number of ether oxygens (including phenoxy) is 2. The highest BCUT2D eigenvalue weighted by Crippen LogP contribution is 2.24. The molecule has 0 N–H and O–H groups in total. The first-order valence-electron chi connectivity index (χ1n) is 6.71. The Morgan fingerprint density at radius 1 is 0.952 bits per heavy atom. The standard InChI is InChI=1S/C17H16N2O2/c1-20-15-9-12(10-16(11-15)21-2)8-14-6-5-13-4-3-7-18-17(13)19-14/h3-7,9-11H,8H2,1-2H3. The van der Waals surface area contributed by atoms with Crippen LogP contribution in [0.4, 0.5) is 0 Å². The molecular formula is C17H16N2O2. The van der Waals surface area contributed by atoms with E-state index in [0.29, 0.717) is 6.42 Å². The van der Waals surface area contributed by atoms with Crippen molar-refractivity contribution in [3.05, 3.63) is 59.9 Å². The fraction of sp³-hybridized carbons (Fsp3) is 0.176. The van der Waals surface area contributed by atoms with Gasteiger partial charge in [0, 0.05) is 29.8 Å². The predicted molar refractivity (Wildman–Crippen MR) is 81.9 cm³/mol. The maximum absolute atomic E-state index is 5.29. The largest absolute Gasteiger partial charge is 0.497 e. The quantitative estimate of drug-likeness (QED) is 0.736. The monoisotopic (exact) mass is 280 g/mol. The van der Waals surface area contributed by atoms with Crippen LogP contribution in [-0.2, 0) is 6.42 Å². The van der Waals surface area contributed by atoms with Gasteiger partial charge in [-0.1, -0.05) is 0 Å². The van der Waals surface area contributed by atoms with E-state index in [-0.39, 0.29) is 0 Å².